The Labute approximate surface area is 137 Å². The number of fused-ring (bicyclic) bond motifs is 1. The Morgan fingerprint density at radius 2 is 2.17 bits per heavy atom. The summed E-state index contributed by atoms with van der Waals surface area (Å²) < 4.78 is 5.51. The van der Waals surface area contributed by atoms with Crippen molar-refractivity contribution in [3.05, 3.63) is 28.3 Å². The molecule has 6 heteroatoms. The number of nitro groups is 1. The molecule has 0 saturated carbocycles. The Kier molecular flexibility index (Phi) is 4.71. The van der Waals surface area contributed by atoms with Gasteiger partial charge in [-0.15, -0.1) is 0 Å². The van der Waals surface area contributed by atoms with E-state index in [0.29, 0.717) is 24.4 Å². The lowest BCUT2D eigenvalue weighted by molar-refractivity contribution is -0.385. The number of nitro benzene ring substituents is 1. The highest BCUT2D eigenvalue weighted by molar-refractivity contribution is 5.60. The maximum Gasteiger partial charge on any atom is 0.311 e. The van der Waals surface area contributed by atoms with Crippen molar-refractivity contribution in [1.82, 2.24) is 4.90 Å². The molecule has 0 aromatic heterocycles. The Morgan fingerprint density at radius 3 is 2.87 bits per heavy atom. The molecule has 0 N–H and O–H groups in total. The summed E-state index contributed by atoms with van der Waals surface area (Å²) in [5.74, 6) is 0.374. The van der Waals surface area contributed by atoms with Gasteiger partial charge in [0, 0.05) is 43.0 Å². The van der Waals surface area contributed by atoms with Crippen molar-refractivity contribution in [2.45, 2.75) is 45.2 Å². The Bertz CT molecular complexity index is 578. The van der Waals surface area contributed by atoms with Crippen LogP contribution in [0.4, 0.5) is 11.4 Å². The second-order valence-corrected chi connectivity index (χ2v) is 6.35. The van der Waals surface area contributed by atoms with Crippen molar-refractivity contribution in [2.75, 3.05) is 31.1 Å². The van der Waals surface area contributed by atoms with Gasteiger partial charge in [0.1, 0.15) is 0 Å². The molecule has 2 atom stereocenters. The Morgan fingerprint density at radius 1 is 1.35 bits per heavy atom. The molecule has 2 unspecified atom stereocenters. The summed E-state index contributed by atoms with van der Waals surface area (Å²) in [5, 5.41) is 11.2. The average Bonchev–Trinajstić information content (AvgIpc) is 3.00. The van der Waals surface area contributed by atoms with Gasteiger partial charge in [0.2, 0.25) is 0 Å². The lowest BCUT2D eigenvalue weighted by Crippen LogP contribution is -2.56. The summed E-state index contributed by atoms with van der Waals surface area (Å²) in [6, 6.07) is 6.36. The zero-order valence-electron chi connectivity index (χ0n) is 13.9. The molecule has 0 bridgehead atoms. The molecule has 1 aromatic rings. The van der Waals surface area contributed by atoms with Crippen LogP contribution in [0.2, 0.25) is 0 Å². The lowest BCUT2D eigenvalue weighted by Gasteiger charge is -2.45. The minimum Gasteiger partial charge on any atom is -0.487 e. The minimum atomic E-state index is -0.374. The third-order valence-corrected chi connectivity index (χ3v) is 5.04. The zero-order valence-corrected chi connectivity index (χ0v) is 13.9. The molecule has 0 amide bonds. The molecule has 2 heterocycles. The van der Waals surface area contributed by atoms with E-state index < -0.39 is 0 Å². The molecule has 0 spiro atoms. The number of ether oxygens (including phenoxy) is 1. The number of anilines is 1. The lowest BCUT2D eigenvalue weighted by atomic mass is 10.0. The number of hydrogen-bond donors (Lipinski definition) is 0. The first kappa shape index (κ1) is 16.1. The maximum atomic E-state index is 11.2. The second kappa shape index (κ2) is 6.74. The molecular formula is C17H25N3O3. The van der Waals surface area contributed by atoms with Crippen LogP contribution >= 0.6 is 0 Å². The van der Waals surface area contributed by atoms with Crippen molar-refractivity contribution in [2.24, 2.45) is 0 Å². The summed E-state index contributed by atoms with van der Waals surface area (Å²) in [5.41, 5.74) is 1.08. The van der Waals surface area contributed by atoms with Crippen LogP contribution in [-0.4, -0.2) is 48.1 Å². The van der Waals surface area contributed by atoms with Crippen LogP contribution in [0.15, 0.2) is 18.2 Å². The summed E-state index contributed by atoms with van der Waals surface area (Å²) in [4.78, 5) is 15.8. The first-order chi connectivity index (χ1) is 11.1. The van der Waals surface area contributed by atoms with Crippen molar-refractivity contribution in [3.8, 4) is 5.75 Å². The van der Waals surface area contributed by atoms with E-state index in [1.54, 1.807) is 6.07 Å². The van der Waals surface area contributed by atoms with E-state index in [2.05, 4.69) is 16.7 Å². The molecule has 1 aromatic carbocycles. The summed E-state index contributed by atoms with van der Waals surface area (Å²) in [6.07, 6.45) is 3.60. The number of piperazine rings is 1. The van der Waals surface area contributed by atoms with Gasteiger partial charge in [-0.05, 0) is 38.8 Å². The molecule has 0 radical (unpaired) electrons. The van der Waals surface area contributed by atoms with Gasteiger partial charge in [0.15, 0.2) is 5.75 Å². The molecule has 126 valence electrons. The van der Waals surface area contributed by atoms with Crippen molar-refractivity contribution < 1.29 is 9.66 Å². The van der Waals surface area contributed by atoms with E-state index in [-0.39, 0.29) is 10.6 Å². The Balaban J connectivity index is 1.89. The van der Waals surface area contributed by atoms with Crippen LogP contribution in [0.3, 0.4) is 0 Å². The van der Waals surface area contributed by atoms with Gasteiger partial charge in [-0.2, -0.15) is 0 Å². The highest BCUT2D eigenvalue weighted by atomic mass is 16.6. The molecule has 6 nitrogen and oxygen atoms in total. The van der Waals surface area contributed by atoms with E-state index >= 15 is 0 Å². The number of rotatable bonds is 5. The topological polar surface area (TPSA) is 58.8 Å². The molecule has 3 rings (SSSR count). The van der Waals surface area contributed by atoms with E-state index in [4.69, 9.17) is 4.74 Å². The van der Waals surface area contributed by atoms with Crippen LogP contribution in [0, 0.1) is 10.1 Å². The van der Waals surface area contributed by atoms with Crippen molar-refractivity contribution in [3.63, 3.8) is 0 Å². The van der Waals surface area contributed by atoms with Gasteiger partial charge < -0.3 is 9.64 Å². The van der Waals surface area contributed by atoms with Crippen LogP contribution in [-0.2, 0) is 0 Å². The standard InChI is InChI=1S/C17H25N3O3/c1-3-13-11-18-9-5-6-15(18)12-19(13)14-7-8-16(20(21)22)17(10-14)23-4-2/h7-8,10,13,15H,3-6,9,11-12H2,1-2H3. The molecule has 2 aliphatic rings. The highest BCUT2D eigenvalue weighted by Gasteiger charge is 2.36. The third kappa shape index (κ3) is 3.13. The summed E-state index contributed by atoms with van der Waals surface area (Å²) >= 11 is 0. The smallest absolute Gasteiger partial charge is 0.311 e. The fourth-order valence-electron chi connectivity index (χ4n) is 3.86. The van der Waals surface area contributed by atoms with Gasteiger partial charge in [0.05, 0.1) is 11.5 Å². The van der Waals surface area contributed by atoms with Crippen LogP contribution in [0.25, 0.3) is 0 Å². The maximum absolute atomic E-state index is 11.2. The molecular weight excluding hydrogens is 294 g/mol. The molecule has 2 fully saturated rings. The molecule has 23 heavy (non-hydrogen) atoms. The van der Waals surface area contributed by atoms with E-state index in [1.807, 2.05) is 19.1 Å². The number of nitrogens with zero attached hydrogens (tertiary/aromatic N) is 3. The normalized spacial score (nSPS) is 24.5. The predicted molar refractivity (Wildman–Crippen MR) is 90.3 cm³/mol. The van der Waals surface area contributed by atoms with Gasteiger partial charge in [0.25, 0.3) is 0 Å². The fourth-order valence-corrected chi connectivity index (χ4v) is 3.86. The Hall–Kier alpha value is -1.82. The van der Waals surface area contributed by atoms with Gasteiger partial charge in [-0.3, -0.25) is 15.0 Å². The quantitative estimate of drug-likeness (QED) is 0.616. The van der Waals surface area contributed by atoms with Gasteiger partial charge >= 0.3 is 5.69 Å². The first-order valence-corrected chi connectivity index (χ1v) is 8.56. The van der Waals surface area contributed by atoms with Gasteiger partial charge in [-0.1, -0.05) is 6.92 Å². The summed E-state index contributed by atoms with van der Waals surface area (Å²) in [6.45, 7) is 7.78. The minimum absolute atomic E-state index is 0.0446. The number of hydrogen-bond acceptors (Lipinski definition) is 5. The monoisotopic (exact) mass is 319 g/mol. The predicted octanol–water partition coefficient (Wildman–Crippen LogP) is 3.06. The zero-order chi connectivity index (χ0) is 16.4. The van der Waals surface area contributed by atoms with Crippen LogP contribution in [0.1, 0.15) is 33.1 Å². The average molecular weight is 319 g/mol. The molecule has 2 aliphatic heterocycles. The van der Waals surface area contributed by atoms with Crippen LogP contribution in [0.5, 0.6) is 5.75 Å². The SMILES string of the molecule is CCOc1cc(N2CC3CCCN3CC2CC)ccc1[N+](=O)[O-]. The second-order valence-electron chi connectivity index (χ2n) is 6.35. The van der Waals surface area contributed by atoms with Crippen molar-refractivity contribution in [1.29, 1.82) is 0 Å². The fraction of sp³-hybridized carbons (Fsp3) is 0.647. The van der Waals surface area contributed by atoms with E-state index in [1.165, 1.54) is 19.4 Å². The van der Waals surface area contributed by atoms with E-state index in [9.17, 15) is 10.1 Å². The molecule has 0 aliphatic carbocycles. The van der Waals surface area contributed by atoms with E-state index in [0.717, 1.165) is 25.2 Å². The third-order valence-electron chi connectivity index (χ3n) is 5.04. The highest BCUT2D eigenvalue weighted by Crippen LogP contribution is 2.35. The largest absolute Gasteiger partial charge is 0.487 e. The molecule has 2 saturated heterocycles. The number of benzene rings is 1. The van der Waals surface area contributed by atoms with Crippen molar-refractivity contribution >= 4 is 11.4 Å². The van der Waals surface area contributed by atoms with Gasteiger partial charge in [-0.25, -0.2) is 0 Å². The van der Waals surface area contributed by atoms with Crippen LogP contribution < -0.4 is 9.64 Å². The summed E-state index contributed by atoms with van der Waals surface area (Å²) in [7, 11) is 0. The first-order valence-electron chi connectivity index (χ1n) is 8.56.